The molecule has 4 nitrogen and oxygen atoms in total. The molecule has 5 heteroatoms. The van der Waals surface area contributed by atoms with Crippen molar-refractivity contribution >= 4 is 22.2 Å². The number of anilines is 1. The van der Waals surface area contributed by atoms with Crippen molar-refractivity contribution in [2.45, 2.75) is 19.9 Å². The van der Waals surface area contributed by atoms with Crippen LogP contribution in [0, 0.1) is 18.3 Å². The topological polar surface area (TPSA) is 56.1 Å². The molecule has 2 rings (SSSR count). The molecule has 0 saturated carbocycles. The number of carbonyl (C=O) groups is 1. The Kier molecular flexibility index (Phi) is 5.70. The molecule has 114 valence electrons. The first-order valence-electron chi connectivity index (χ1n) is 7.10. The number of hydrogen-bond donors (Lipinski definition) is 1. The lowest BCUT2D eigenvalue weighted by molar-refractivity contribution is -0.116. The zero-order valence-electron chi connectivity index (χ0n) is 12.8. The van der Waals surface area contributed by atoms with E-state index in [0.29, 0.717) is 23.5 Å². The SMILES string of the molecule is Cc1ccccc1CN(C)CCC(=O)Nc1sccc1C#N. The predicted molar refractivity (Wildman–Crippen MR) is 89.8 cm³/mol. The lowest BCUT2D eigenvalue weighted by Crippen LogP contribution is -2.24. The van der Waals surface area contributed by atoms with Gasteiger partial charge in [0.15, 0.2) is 0 Å². The Balaban J connectivity index is 1.81. The molecular weight excluding hydrogens is 294 g/mol. The Bertz CT molecular complexity index is 687. The summed E-state index contributed by atoms with van der Waals surface area (Å²) in [6, 6.07) is 12.0. The standard InChI is InChI=1S/C17H19N3OS/c1-13-5-3-4-6-15(13)12-20(2)9-7-16(21)19-17-14(11-18)8-10-22-17/h3-6,8,10H,7,9,12H2,1-2H3,(H,19,21). The highest BCUT2D eigenvalue weighted by molar-refractivity contribution is 7.14. The summed E-state index contributed by atoms with van der Waals surface area (Å²) in [7, 11) is 2.01. The molecule has 2 aromatic rings. The van der Waals surface area contributed by atoms with Gasteiger partial charge in [-0.1, -0.05) is 24.3 Å². The summed E-state index contributed by atoms with van der Waals surface area (Å²) >= 11 is 1.37. The van der Waals surface area contributed by atoms with Gasteiger partial charge in [-0.3, -0.25) is 4.79 Å². The van der Waals surface area contributed by atoms with Crippen LogP contribution in [0.25, 0.3) is 0 Å². The molecule has 1 heterocycles. The molecule has 0 fully saturated rings. The average Bonchev–Trinajstić information content (AvgIpc) is 2.94. The average molecular weight is 313 g/mol. The normalized spacial score (nSPS) is 10.5. The number of nitrogens with zero attached hydrogens (tertiary/aromatic N) is 2. The molecule has 0 saturated heterocycles. The van der Waals surface area contributed by atoms with Crippen molar-refractivity contribution in [3.8, 4) is 6.07 Å². The minimum atomic E-state index is -0.0596. The summed E-state index contributed by atoms with van der Waals surface area (Å²) in [6.45, 7) is 3.59. The molecule has 0 aliphatic heterocycles. The number of rotatable bonds is 6. The van der Waals surface area contributed by atoms with Gasteiger partial charge in [0.1, 0.15) is 11.1 Å². The molecule has 0 aliphatic rings. The summed E-state index contributed by atoms with van der Waals surface area (Å²) in [5.74, 6) is -0.0596. The first-order chi connectivity index (χ1) is 10.6. The molecule has 1 aromatic carbocycles. The van der Waals surface area contributed by atoms with E-state index >= 15 is 0 Å². The molecule has 0 bridgehead atoms. The first kappa shape index (κ1) is 16.2. The van der Waals surface area contributed by atoms with Gasteiger partial charge in [-0.25, -0.2) is 0 Å². The Morgan fingerprint density at radius 1 is 1.36 bits per heavy atom. The van der Waals surface area contributed by atoms with Crippen molar-refractivity contribution < 1.29 is 4.79 Å². The van der Waals surface area contributed by atoms with Crippen molar-refractivity contribution in [1.29, 1.82) is 5.26 Å². The zero-order chi connectivity index (χ0) is 15.9. The molecule has 0 atom stereocenters. The third kappa shape index (κ3) is 4.42. The highest BCUT2D eigenvalue weighted by atomic mass is 32.1. The summed E-state index contributed by atoms with van der Waals surface area (Å²) in [4.78, 5) is 14.1. The third-order valence-corrected chi connectivity index (χ3v) is 4.29. The van der Waals surface area contributed by atoms with Gasteiger partial charge < -0.3 is 10.2 Å². The van der Waals surface area contributed by atoms with Crippen molar-refractivity contribution in [3.63, 3.8) is 0 Å². The summed E-state index contributed by atoms with van der Waals surface area (Å²) in [5, 5.41) is 14.2. The maximum atomic E-state index is 12.0. The number of thiophene rings is 1. The Morgan fingerprint density at radius 2 is 2.14 bits per heavy atom. The van der Waals surface area contributed by atoms with Gasteiger partial charge >= 0.3 is 0 Å². The van der Waals surface area contributed by atoms with E-state index in [-0.39, 0.29) is 5.91 Å². The number of aryl methyl sites for hydroxylation is 1. The fourth-order valence-electron chi connectivity index (χ4n) is 2.13. The number of carbonyl (C=O) groups excluding carboxylic acids is 1. The number of nitrogens with one attached hydrogen (secondary N) is 1. The molecule has 1 aromatic heterocycles. The maximum Gasteiger partial charge on any atom is 0.226 e. The second-order valence-electron chi connectivity index (χ2n) is 5.24. The van der Waals surface area contributed by atoms with Gasteiger partial charge in [-0.2, -0.15) is 5.26 Å². The van der Waals surface area contributed by atoms with Crippen molar-refractivity contribution in [2.24, 2.45) is 0 Å². The van der Waals surface area contributed by atoms with Gasteiger partial charge in [-0.15, -0.1) is 11.3 Å². The summed E-state index contributed by atoms with van der Waals surface area (Å²) in [5.41, 5.74) is 3.05. The first-order valence-corrected chi connectivity index (χ1v) is 7.98. The van der Waals surface area contributed by atoms with E-state index in [1.165, 1.54) is 22.5 Å². The number of hydrogen-bond acceptors (Lipinski definition) is 4. The number of nitriles is 1. The lowest BCUT2D eigenvalue weighted by Gasteiger charge is -2.17. The van der Waals surface area contributed by atoms with Crippen LogP contribution in [0.2, 0.25) is 0 Å². The second-order valence-corrected chi connectivity index (χ2v) is 6.15. The van der Waals surface area contributed by atoms with Gasteiger partial charge in [0.05, 0.1) is 5.56 Å². The van der Waals surface area contributed by atoms with Crippen LogP contribution in [0.3, 0.4) is 0 Å². The molecule has 1 N–H and O–H groups in total. The Labute approximate surface area is 135 Å². The van der Waals surface area contributed by atoms with E-state index < -0.39 is 0 Å². The fraction of sp³-hybridized carbons (Fsp3) is 0.294. The molecule has 1 amide bonds. The molecule has 22 heavy (non-hydrogen) atoms. The van der Waals surface area contributed by atoms with Crippen molar-refractivity contribution in [2.75, 3.05) is 18.9 Å². The van der Waals surface area contributed by atoms with Gasteiger partial charge in [0.2, 0.25) is 5.91 Å². The van der Waals surface area contributed by atoms with Crippen LogP contribution >= 0.6 is 11.3 Å². The Morgan fingerprint density at radius 3 is 2.86 bits per heavy atom. The van der Waals surface area contributed by atoms with Crippen LogP contribution in [-0.4, -0.2) is 24.4 Å². The van der Waals surface area contributed by atoms with Crippen LogP contribution in [-0.2, 0) is 11.3 Å². The number of benzene rings is 1. The van der Waals surface area contributed by atoms with Gasteiger partial charge in [0, 0.05) is 19.5 Å². The van der Waals surface area contributed by atoms with E-state index in [1.807, 2.05) is 19.2 Å². The predicted octanol–water partition coefficient (Wildman–Crippen LogP) is 3.39. The maximum absolute atomic E-state index is 12.0. The van der Waals surface area contributed by atoms with Gasteiger partial charge in [-0.05, 0) is 36.5 Å². The lowest BCUT2D eigenvalue weighted by atomic mass is 10.1. The van der Waals surface area contributed by atoms with E-state index in [4.69, 9.17) is 5.26 Å². The molecular formula is C17H19N3OS. The number of amides is 1. The fourth-order valence-corrected chi connectivity index (χ4v) is 2.89. The van der Waals surface area contributed by atoms with E-state index in [2.05, 4.69) is 35.3 Å². The van der Waals surface area contributed by atoms with Crippen molar-refractivity contribution in [3.05, 3.63) is 52.4 Å². The minimum Gasteiger partial charge on any atom is -0.317 e. The highest BCUT2D eigenvalue weighted by Gasteiger charge is 2.10. The molecule has 0 aliphatic carbocycles. The highest BCUT2D eigenvalue weighted by Crippen LogP contribution is 2.22. The third-order valence-electron chi connectivity index (χ3n) is 3.46. The largest absolute Gasteiger partial charge is 0.317 e. The van der Waals surface area contributed by atoms with Crippen LogP contribution < -0.4 is 5.32 Å². The second kappa shape index (κ2) is 7.74. The molecule has 0 unspecified atom stereocenters. The molecule has 0 spiro atoms. The van der Waals surface area contributed by atoms with Crippen LogP contribution in [0.1, 0.15) is 23.1 Å². The summed E-state index contributed by atoms with van der Waals surface area (Å²) in [6.07, 6.45) is 0.408. The molecule has 0 radical (unpaired) electrons. The van der Waals surface area contributed by atoms with Gasteiger partial charge in [0.25, 0.3) is 0 Å². The van der Waals surface area contributed by atoms with Crippen LogP contribution in [0.5, 0.6) is 0 Å². The van der Waals surface area contributed by atoms with E-state index in [9.17, 15) is 4.79 Å². The monoisotopic (exact) mass is 313 g/mol. The minimum absolute atomic E-state index is 0.0596. The summed E-state index contributed by atoms with van der Waals surface area (Å²) < 4.78 is 0. The van der Waals surface area contributed by atoms with E-state index in [1.54, 1.807) is 11.4 Å². The van der Waals surface area contributed by atoms with Crippen molar-refractivity contribution in [1.82, 2.24) is 4.90 Å². The van der Waals surface area contributed by atoms with Crippen LogP contribution in [0.4, 0.5) is 5.00 Å². The zero-order valence-corrected chi connectivity index (χ0v) is 13.6. The van der Waals surface area contributed by atoms with Crippen LogP contribution in [0.15, 0.2) is 35.7 Å². The quantitative estimate of drug-likeness (QED) is 0.889. The Hall–Kier alpha value is -2.16. The van der Waals surface area contributed by atoms with E-state index in [0.717, 1.165) is 6.54 Å². The smallest absolute Gasteiger partial charge is 0.226 e.